The molecular formula is C15H27N3O. The highest BCUT2D eigenvalue weighted by Gasteiger charge is 2.36. The van der Waals surface area contributed by atoms with Crippen LogP contribution in [0.25, 0.3) is 0 Å². The zero-order valence-electron chi connectivity index (χ0n) is 11.9. The Hall–Kier alpha value is -0.610. The van der Waals surface area contributed by atoms with Crippen LogP contribution in [0.3, 0.4) is 0 Å². The quantitative estimate of drug-likeness (QED) is 0.800. The van der Waals surface area contributed by atoms with E-state index < -0.39 is 0 Å². The highest BCUT2D eigenvalue weighted by atomic mass is 16.1. The van der Waals surface area contributed by atoms with Crippen LogP contribution >= 0.6 is 0 Å². The van der Waals surface area contributed by atoms with Gasteiger partial charge in [0, 0.05) is 25.0 Å². The van der Waals surface area contributed by atoms with E-state index in [0.717, 1.165) is 38.3 Å². The van der Waals surface area contributed by atoms with Crippen LogP contribution in [0.5, 0.6) is 0 Å². The molecule has 0 spiro atoms. The molecule has 3 atom stereocenters. The number of carbonyl (C=O) groups excluding carboxylic acids is 1. The lowest BCUT2D eigenvalue weighted by Crippen LogP contribution is -2.46. The molecule has 0 aliphatic carbocycles. The topological polar surface area (TPSA) is 44.4 Å². The van der Waals surface area contributed by atoms with Crippen LogP contribution in [0, 0.1) is 5.92 Å². The third kappa shape index (κ3) is 3.29. The van der Waals surface area contributed by atoms with E-state index in [2.05, 4.69) is 15.5 Å². The Labute approximate surface area is 116 Å². The highest BCUT2D eigenvalue weighted by Crippen LogP contribution is 2.27. The van der Waals surface area contributed by atoms with Crippen molar-refractivity contribution in [3.63, 3.8) is 0 Å². The number of nitrogens with zero attached hydrogens (tertiary/aromatic N) is 1. The van der Waals surface area contributed by atoms with Crippen LogP contribution in [0.2, 0.25) is 0 Å². The van der Waals surface area contributed by atoms with Crippen LogP contribution in [0.1, 0.15) is 44.9 Å². The maximum absolute atomic E-state index is 12.1. The monoisotopic (exact) mass is 265 g/mol. The fourth-order valence-corrected chi connectivity index (χ4v) is 3.99. The first-order chi connectivity index (χ1) is 9.33. The van der Waals surface area contributed by atoms with E-state index >= 15 is 0 Å². The van der Waals surface area contributed by atoms with Crippen molar-refractivity contribution < 1.29 is 4.79 Å². The second kappa shape index (κ2) is 6.23. The molecule has 0 radical (unpaired) electrons. The number of piperidine rings is 1. The summed E-state index contributed by atoms with van der Waals surface area (Å²) in [5, 5.41) is 6.67. The number of amides is 1. The van der Waals surface area contributed by atoms with E-state index in [1.165, 1.54) is 38.8 Å². The Kier molecular flexibility index (Phi) is 4.38. The molecule has 2 N–H and O–H groups in total. The molecule has 19 heavy (non-hydrogen) atoms. The van der Waals surface area contributed by atoms with Gasteiger partial charge in [0.05, 0.1) is 0 Å². The zero-order chi connectivity index (χ0) is 13.1. The van der Waals surface area contributed by atoms with Crippen molar-refractivity contribution >= 4 is 5.91 Å². The molecule has 4 heteroatoms. The second-order valence-electron chi connectivity index (χ2n) is 6.46. The Morgan fingerprint density at radius 2 is 2.16 bits per heavy atom. The van der Waals surface area contributed by atoms with Gasteiger partial charge in [-0.2, -0.15) is 0 Å². The third-order valence-corrected chi connectivity index (χ3v) is 5.14. The number of hydrogen-bond acceptors (Lipinski definition) is 3. The average molecular weight is 265 g/mol. The predicted octanol–water partition coefficient (Wildman–Crippen LogP) is 1.12. The molecule has 0 aromatic heterocycles. The third-order valence-electron chi connectivity index (χ3n) is 5.14. The van der Waals surface area contributed by atoms with Gasteiger partial charge in [-0.1, -0.05) is 6.42 Å². The Morgan fingerprint density at radius 1 is 1.21 bits per heavy atom. The SMILES string of the molecule is O=C(CCC1CCNC1)NC1CCN2CCCCC12. The first-order valence-corrected chi connectivity index (χ1v) is 8.07. The minimum atomic E-state index is 0.282. The minimum Gasteiger partial charge on any atom is -0.352 e. The van der Waals surface area contributed by atoms with Crippen molar-refractivity contribution in [2.75, 3.05) is 26.2 Å². The summed E-state index contributed by atoms with van der Waals surface area (Å²) >= 11 is 0. The molecule has 0 bridgehead atoms. The second-order valence-corrected chi connectivity index (χ2v) is 6.46. The van der Waals surface area contributed by atoms with Gasteiger partial charge < -0.3 is 10.6 Å². The van der Waals surface area contributed by atoms with E-state index in [0.29, 0.717) is 12.1 Å². The van der Waals surface area contributed by atoms with Gasteiger partial charge in [-0.05, 0) is 57.7 Å². The molecule has 3 aliphatic rings. The fraction of sp³-hybridized carbons (Fsp3) is 0.933. The summed E-state index contributed by atoms with van der Waals surface area (Å²) < 4.78 is 0. The van der Waals surface area contributed by atoms with Gasteiger partial charge in [0.1, 0.15) is 0 Å². The van der Waals surface area contributed by atoms with Crippen molar-refractivity contribution in [3.8, 4) is 0 Å². The summed E-state index contributed by atoms with van der Waals surface area (Å²) in [5.41, 5.74) is 0. The number of carbonyl (C=O) groups is 1. The maximum atomic E-state index is 12.1. The van der Waals surface area contributed by atoms with E-state index in [4.69, 9.17) is 0 Å². The molecule has 1 amide bonds. The van der Waals surface area contributed by atoms with Gasteiger partial charge in [-0.15, -0.1) is 0 Å². The molecule has 3 heterocycles. The highest BCUT2D eigenvalue weighted by molar-refractivity contribution is 5.76. The van der Waals surface area contributed by atoms with Gasteiger partial charge in [0.15, 0.2) is 0 Å². The lowest BCUT2D eigenvalue weighted by atomic mass is 9.98. The number of rotatable bonds is 4. The smallest absolute Gasteiger partial charge is 0.220 e. The molecule has 3 fully saturated rings. The van der Waals surface area contributed by atoms with Crippen molar-refractivity contribution in [2.45, 2.75) is 57.0 Å². The minimum absolute atomic E-state index is 0.282. The first-order valence-electron chi connectivity index (χ1n) is 8.07. The molecule has 3 aliphatic heterocycles. The van der Waals surface area contributed by atoms with Gasteiger partial charge >= 0.3 is 0 Å². The summed E-state index contributed by atoms with van der Waals surface area (Å²) in [6.07, 6.45) is 8.12. The van der Waals surface area contributed by atoms with Gasteiger partial charge in [0.25, 0.3) is 0 Å². The van der Waals surface area contributed by atoms with E-state index in [1.807, 2.05) is 0 Å². The van der Waals surface area contributed by atoms with Crippen LogP contribution in [0.4, 0.5) is 0 Å². The Morgan fingerprint density at radius 3 is 3.00 bits per heavy atom. The van der Waals surface area contributed by atoms with E-state index in [1.54, 1.807) is 0 Å². The predicted molar refractivity (Wildman–Crippen MR) is 76.0 cm³/mol. The molecular weight excluding hydrogens is 238 g/mol. The number of hydrogen-bond donors (Lipinski definition) is 2. The fourth-order valence-electron chi connectivity index (χ4n) is 3.99. The Bertz CT molecular complexity index is 315. The van der Waals surface area contributed by atoms with E-state index in [9.17, 15) is 4.79 Å². The maximum Gasteiger partial charge on any atom is 0.220 e. The molecule has 108 valence electrons. The molecule has 4 nitrogen and oxygen atoms in total. The van der Waals surface area contributed by atoms with Crippen molar-refractivity contribution in [1.29, 1.82) is 0 Å². The molecule has 3 unspecified atom stereocenters. The summed E-state index contributed by atoms with van der Waals surface area (Å²) in [7, 11) is 0. The number of fused-ring (bicyclic) bond motifs is 1. The van der Waals surface area contributed by atoms with Crippen LogP contribution in [-0.2, 0) is 4.79 Å². The summed E-state index contributed by atoms with van der Waals surface area (Å²) in [6, 6.07) is 1.06. The lowest BCUT2D eigenvalue weighted by molar-refractivity contribution is -0.122. The van der Waals surface area contributed by atoms with Crippen molar-refractivity contribution in [2.24, 2.45) is 5.92 Å². The van der Waals surface area contributed by atoms with Gasteiger partial charge in [-0.3, -0.25) is 9.69 Å². The molecule has 0 aromatic carbocycles. The van der Waals surface area contributed by atoms with Gasteiger partial charge in [0.2, 0.25) is 5.91 Å². The van der Waals surface area contributed by atoms with Crippen LogP contribution < -0.4 is 10.6 Å². The first kappa shape index (κ1) is 13.4. The normalized spacial score (nSPS) is 35.3. The van der Waals surface area contributed by atoms with Crippen LogP contribution in [0.15, 0.2) is 0 Å². The lowest BCUT2D eigenvalue weighted by Gasteiger charge is -2.32. The zero-order valence-corrected chi connectivity index (χ0v) is 11.9. The molecule has 0 saturated carbocycles. The summed E-state index contributed by atoms with van der Waals surface area (Å²) in [4.78, 5) is 14.7. The van der Waals surface area contributed by atoms with E-state index in [-0.39, 0.29) is 5.91 Å². The number of nitrogens with one attached hydrogen (secondary N) is 2. The summed E-state index contributed by atoms with van der Waals surface area (Å²) in [6.45, 7) is 4.66. The van der Waals surface area contributed by atoms with Gasteiger partial charge in [-0.25, -0.2) is 0 Å². The molecule has 0 aromatic rings. The molecule has 3 rings (SSSR count). The average Bonchev–Trinajstić information content (AvgIpc) is 3.07. The summed E-state index contributed by atoms with van der Waals surface area (Å²) in [5.74, 6) is 1.00. The largest absolute Gasteiger partial charge is 0.352 e. The molecule has 3 saturated heterocycles. The Balaban J connectivity index is 1.41. The van der Waals surface area contributed by atoms with Crippen molar-refractivity contribution in [3.05, 3.63) is 0 Å². The van der Waals surface area contributed by atoms with Crippen molar-refractivity contribution in [1.82, 2.24) is 15.5 Å². The van der Waals surface area contributed by atoms with Crippen LogP contribution in [-0.4, -0.2) is 49.1 Å². The standard InChI is InChI=1S/C15H27N3O/c19-15(5-4-12-6-8-16-11-12)17-13-7-10-18-9-2-1-3-14(13)18/h12-14,16H,1-11H2,(H,17,19).